The highest BCUT2D eigenvalue weighted by atomic mass is 32.2. The second kappa shape index (κ2) is 7.04. The molecule has 0 aliphatic heterocycles. The Hall–Kier alpha value is -1.70. The SMILES string of the molecule is Cc1ccc(CS(=O)(=O)NC(C)c2ccc(S(C)(=O)=O)cc2)cc1. The standard InChI is InChI=1S/C17H21NO4S2/c1-13-4-6-15(7-5-13)12-24(21,22)18-14(2)16-8-10-17(11-9-16)23(3,19)20/h4-11,14,18H,12H2,1-3H3. The van der Waals surface area contributed by atoms with E-state index in [2.05, 4.69) is 4.72 Å². The number of rotatable bonds is 6. The Morgan fingerprint density at radius 3 is 1.96 bits per heavy atom. The molecule has 0 spiro atoms. The molecular weight excluding hydrogens is 346 g/mol. The Morgan fingerprint density at radius 2 is 1.46 bits per heavy atom. The molecule has 0 aliphatic carbocycles. The van der Waals surface area contributed by atoms with Gasteiger partial charge in [0, 0.05) is 12.3 Å². The van der Waals surface area contributed by atoms with Gasteiger partial charge in [-0.15, -0.1) is 0 Å². The van der Waals surface area contributed by atoms with Crippen LogP contribution in [0.5, 0.6) is 0 Å². The molecule has 1 atom stereocenters. The van der Waals surface area contributed by atoms with E-state index >= 15 is 0 Å². The largest absolute Gasteiger partial charge is 0.224 e. The van der Waals surface area contributed by atoms with Crippen molar-refractivity contribution in [1.82, 2.24) is 4.72 Å². The molecule has 2 aromatic carbocycles. The normalized spacial score (nSPS) is 13.6. The lowest BCUT2D eigenvalue weighted by Crippen LogP contribution is -2.28. The molecular formula is C17H21NO4S2. The van der Waals surface area contributed by atoms with E-state index < -0.39 is 25.9 Å². The first-order valence-electron chi connectivity index (χ1n) is 7.42. The van der Waals surface area contributed by atoms with Crippen molar-refractivity contribution in [3.8, 4) is 0 Å². The van der Waals surface area contributed by atoms with Crippen molar-refractivity contribution in [1.29, 1.82) is 0 Å². The van der Waals surface area contributed by atoms with Crippen molar-refractivity contribution >= 4 is 19.9 Å². The maximum absolute atomic E-state index is 12.3. The summed E-state index contributed by atoms with van der Waals surface area (Å²) in [6.07, 6.45) is 1.13. The van der Waals surface area contributed by atoms with E-state index in [9.17, 15) is 16.8 Å². The van der Waals surface area contributed by atoms with Gasteiger partial charge in [0.15, 0.2) is 9.84 Å². The summed E-state index contributed by atoms with van der Waals surface area (Å²) in [5.41, 5.74) is 2.49. The molecule has 0 bridgehead atoms. The monoisotopic (exact) mass is 367 g/mol. The van der Waals surface area contributed by atoms with E-state index in [0.717, 1.165) is 11.8 Å². The zero-order valence-corrected chi connectivity index (χ0v) is 15.5. The van der Waals surface area contributed by atoms with Crippen LogP contribution in [-0.4, -0.2) is 23.1 Å². The van der Waals surface area contributed by atoms with Gasteiger partial charge in [-0.2, -0.15) is 0 Å². The van der Waals surface area contributed by atoms with Crippen LogP contribution in [0.1, 0.15) is 29.7 Å². The highest BCUT2D eigenvalue weighted by molar-refractivity contribution is 7.90. The number of hydrogen-bond donors (Lipinski definition) is 1. The minimum atomic E-state index is -3.50. The van der Waals surface area contributed by atoms with E-state index in [4.69, 9.17) is 0 Å². The van der Waals surface area contributed by atoms with Crippen LogP contribution in [-0.2, 0) is 25.6 Å². The molecule has 1 unspecified atom stereocenters. The van der Waals surface area contributed by atoms with E-state index in [1.807, 2.05) is 19.1 Å². The van der Waals surface area contributed by atoms with Crippen LogP contribution < -0.4 is 4.72 Å². The van der Waals surface area contributed by atoms with Crippen LogP contribution in [0, 0.1) is 6.92 Å². The molecule has 1 N–H and O–H groups in total. The Morgan fingerprint density at radius 1 is 0.917 bits per heavy atom. The van der Waals surface area contributed by atoms with Crippen LogP contribution in [0.4, 0.5) is 0 Å². The summed E-state index contributed by atoms with van der Waals surface area (Å²) >= 11 is 0. The molecule has 7 heteroatoms. The maximum Gasteiger partial charge on any atom is 0.216 e. The fourth-order valence-corrected chi connectivity index (χ4v) is 4.31. The molecule has 0 saturated carbocycles. The van der Waals surface area contributed by atoms with Crippen LogP contribution in [0.25, 0.3) is 0 Å². The van der Waals surface area contributed by atoms with Crippen LogP contribution in [0.3, 0.4) is 0 Å². The molecule has 0 aliphatic rings. The van der Waals surface area contributed by atoms with Gasteiger partial charge in [-0.05, 0) is 37.1 Å². The zero-order chi connectivity index (χ0) is 18.0. The fourth-order valence-electron chi connectivity index (χ4n) is 2.29. The fraction of sp³-hybridized carbons (Fsp3) is 0.294. The van der Waals surface area contributed by atoms with E-state index in [1.165, 1.54) is 12.1 Å². The molecule has 0 fully saturated rings. The zero-order valence-electron chi connectivity index (χ0n) is 13.9. The second-order valence-corrected chi connectivity index (χ2v) is 9.70. The van der Waals surface area contributed by atoms with Crippen molar-refractivity contribution < 1.29 is 16.8 Å². The van der Waals surface area contributed by atoms with E-state index in [0.29, 0.717) is 11.1 Å². The van der Waals surface area contributed by atoms with Gasteiger partial charge in [0.1, 0.15) is 0 Å². The average molecular weight is 367 g/mol. The van der Waals surface area contributed by atoms with Gasteiger partial charge in [-0.25, -0.2) is 21.6 Å². The Bertz CT molecular complexity index is 900. The number of benzene rings is 2. The lowest BCUT2D eigenvalue weighted by Gasteiger charge is -2.15. The topological polar surface area (TPSA) is 80.3 Å². The van der Waals surface area contributed by atoms with Crippen molar-refractivity contribution in [2.45, 2.75) is 30.5 Å². The predicted molar refractivity (Wildman–Crippen MR) is 94.9 cm³/mol. The van der Waals surface area contributed by atoms with E-state index in [-0.39, 0.29) is 10.6 Å². The first-order chi connectivity index (χ1) is 11.1. The summed E-state index contributed by atoms with van der Waals surface area (Å²) in [5.74, 6) is -0.0982. The first-order valence-corrected chi connectivity index (χ1v) is 11.0. The maximum atomic E-state index is 12.3. The number of aryl methyl sites for hydroxylation is 1. The lowest BCUT2D eigenvalue weighted by molar-refractivity contribution is 0.565. The second-order valence-electron chi connectivity index (χ2n) is 5.93. The molecule has 0 heterocycles. The highest BCUT2D eigenvalue weighted by Crippen LogP contribution is 2.18. The smallest absolute Gasteiger partial charge is 0.216 e. The molecule has 0 saturated heterocycles. The summed E-state index contributed by atoms with van der Waals surface area (Å²) < 4.78 is 50.1. The first kappa shape index (κ1) is 18.6. The van der Waals surface area contributed by atoms with Crippen molar-refractivity contribution in [2.24, 2.45) is 0 Å². The molecule has 0 radical (unpaired) electrons. The average Bonchev–Trinajstić information content (AvgIpc) is 2.48. The van der Waals surface area contributed by atoms with Crippen molar-refractivity contribution in [3.05, 3.63) is 65.2 Å². The Balaban J connectivity index is 2.10. The van der Waals surface area contributed by atoms with E-state index in [1.54, 1.807) is 31.2 Å². The van der Waals surface area contributed by atoms with Gasteiger partial charge in [-0.1, -0.05) is 42.0 Å². The lowest BCUT2D eigenvalue weighted by atomic mass is 10.1. The van der Waals surface area contributed by atoms with Gasteiger partial charge >= 0.3 is 0 Å². The predicted octanol–water partition coefficient (Wildman–Crippen LogP) is 2.58. The minimum Gasteiger partial charge on any atom is -0.224 e. The third-order valence-corrected chi connectivity index (χ3v) is 6.20. The molecule has 2 rings (SSSR count). The van der Waals surface area contributed by atoms with Crippen LogP contribution >= 0.6 is 0 Å². The molecule has 2 aromatic rings. The molecule has 5 nitrogen and oxygen atoms in total. The molecule has 130 valence electrons. The summed E-state index contributed by atoms with van der Waals surface area (Å²) in [7, 11) is -6.76. The van der Waals surface area contributed by atoms with Crippen molar-refractivity contribution in [2.75, 3.05) is 6.26 Å². The van der Waals surface area contributed by atoms with Gasteiger partial charge in [0.2, 0.25) is 10.0 Å². The van der Waals surface area contributed by atoms with Crippen LogP contribution in [0.15, 0.2) is 53.4 Å². The van der Waals surface area contributed by atoms with Crippen LogP contribution in [0.2, 0.25) is 0 Å². The van der Waals surface area contributed by atoms with Gasteiger partial charge < -0.3 is 0 Å². The number of hydrogen-bond acceptors (Lipinski definition) is 4. The quantitative estimate of drug-likeness (QED) is 0.851. The molecule has 0 aromatic heterocycles. The highest BCUT2D eigenvalue weighted by Gasteiger charge is 2.17. The van der Waals surface area contributed by atoms with Gasteiger partial charge in [0.25, 0.3) is 0 Å². The number of nitrogens with one attached hydrogen (secondary N) is 1. The minimum absolute atomic E-state index is 0.0982. The third kappa shape index (κ3) is 5.15. The summed E-state index contributed by atoms with van der Waals surface area (Å²) in [4.78, 5) is 0.209. The molecule has 0 amide bonds. The van der Waals surface area contributed by atoms with Crippen molar-refractivity contribution in [3.63, 3.8) is 0 Å². The Kier molecular flexibility index (Phi) is 5.47. The summed E-state index contributed by atoms with van der Waals surface area (Å²) in [6.45, 7) is 3.67. The summed E-state index contributed by atoms with van der Waals surface area (Å²) in [6, 6.07) is 13.1. The summed E-state index contributed by atoms with van der Waals surface area (Å²) in [5, 5.41) is 0. The Labute approximate surface area is 143 Å². The molecule has 24 heavy (non-hydrogen) atoms. The van der Waals surface area contributed by atoms with Gasteiger partial charge in [-0.3, -0.25) is 0 Å². The third-order valence-electron chi connectivity index (χ3n) is 3.64. The van der Waals surface area contributed by atoms with Gasteiger partial charge in [0.05, 0.1) is 10.6 Å². The number of sulfonamides is 1. The number of sulfone groups is 1.